The Morgan fingerprint density at radius 3 is 2.55 bits per heavy atom. The van der Waals surface area contributed by atoms with Crippen molar-refractivity contribution in [3.63, 3.8) is 0 Å². The van der Waals surface area contributed by atoms with Crippen LogP contribution in [-0.2, 0) is 4.18 Å². The van der Waals surface area contributed by atoms with Crippen molar-refractivity contribution in [2.24, 2.45) is 0 Å². The molecular formula is C7H7NO2S. The van der Waals surface area contributed by atoms with E-state index in [0.717, 1.165) is 0 Å². The van der Waals surface area contributed by atoms with Crippen LogP contribution >= 0.6 is 12.9 Å². The summed E-state index contributed by atoms with van der Waals surface area (Å²) >= 11 is 3.33. The van der Waals surface area contributed by atoms with Crippen LogP contribution in [0.25, 0.3) is 0 Å². The third-order valence-corrected chi connectivity index (χ3v) is 1.27. The Balaban J connectivity index is 2.58. The minimum atomic E-state index is -0.584. The Morgan fingerprint density at radius 2 is 2.00 bits per heavy atom. The van der Waals surface area contributed by atoms with Crippen molar-refractivity contribution in [2.45, 2.75) is 0 Å². The van der Waals surface area contributed by atoms with Gasteiger partial charge in [-0.3, -0.25) is 5.32 Å². The maximum Gasteiger partial charge on any atom is 0.423 e. The van der Waals surface area contributed by atoms with Crippen LogP contribution in [0, 0.1) is 0 Å². The lowest BCUT2D eigenvalue weighted by Gasteiger charge is -2.00. The molecule has 1 aromatic rings. The first-order chi connectivity index (χ1) is 5.33. The van der Waals surface area contributed by atoms with Gasteiger partial charge in [0, 0.05) is 18.6 Å². The standard InChI is InChI=1S/C7H7NO2S/c9-7(10-11)8-6-4-2-1-3-5-6/h1-5,11H,(H,8,9). The van der Waals surface area contributed by atoms with Crippen LogP contribution in [0.4, 0.5) is 10.5 Å². The highest BCUT2D eigenvalue weighted by atomic mass is 32.1. The molecule has 0 bridgehead atoms. The van der Waals surface area contributed by atoms with E-state index in [1.165, 1.54) is 0 Å². The van der Waals surface area contributed by atoms with Gasteiger partial charge in [0.05, 0.1) is 0 Å². The lowest BCUT2D eigenvalue weighted by atomic mass is 10.3. The molecule has 0 spiro atoms. The van der Waals surface area contributed by atoms with Gasteiger partial charge in [0.25, 0.3) is 0 Å². The lowest BCUT2D eigenvalue weighted by molar-refractivity contribution is 0.223. The minimum absolute atomic E-state index is 0.584. The van der Waals surface area contributed by atoms with E-state index >= 15 is 0 Å². The zero-order valence-electron chi connectivity index (χ0n) is 5.65. The second-order valence-corrected chi connectivity index (χ2v) is 2.05. The van der Waals surface area contributed by atoms with Gasteiger partial charge in [0.2, 0.25) is 0 Å². The van der Waals surface area contributed by atoms with Crippen molar-refractivity contribution < 1.29 is 8.98 Å². The normalized spacial score (nSPS) is 8.82. The molecular weight excluding hydrogens is 162 g/mol. The molecule has 1 aromatic carbocycles. The Morgan fingerprint density at radius 1 is 1.36 bits per heavy atom. The number of carbonyl (C=O) groups is 1. The second kappa shape index (κ2) is 3.88. The fraction of sp³-hybridized carbons (Fsp3) is 0. The summed E-state index contributed by atoms with van der Waals surface area (Å²) in [5.74, 6) is 0. The summed E-state index contributed by atoms with van der Waals surface area (Å²) in [6.07, 6.45) is -0.584. The van der Waals surface area contributed by atoms with Gasteiger partial charge in [-0.2, -0.15) is 0 Å². The molecule has 0 saturated carbocycles. The van der Waals surface area contributed by atoms with Gasteiger partial charge < -0.3 is 4.18 Å². The number of para-hydroxylation sites is 1. The average molecular weight is 169 g/mol. The zero-order valence-corrected chi connectivity index (χ0v) is 6.54. The first-order valence-corrected chi connectivity index (χ1v) is 3.37. The summed E-state index contributed by atoms with van der Waals surface area (Å²) in [6.45, 7) is 0. The third-order valence-electron chi connectivity index (χ3n) is 1.10. The number of nitrogens with one attached hydrogen (secondary N) is 1. The molecule has 0 fully saturated rings. The van der Waals surface area contributed by atoms with Gasteiger partial charge in [0.1, 0.15) is 0 Å². The maximum absolute atomic E-state index is 10.6. The van der Waals surface area contributed by atoms with Crippen LogP contribution < -0.4 is 5.32 Å². The van der Waals surface area contributed by atoms with E-state index in [9.17, 15) is 4.79 Å². The van der Waals surface area contributed by atoms with E-state index in [2.05, 4.69) is 22.4 Å². The second-order valence-electron chi connectivity index (χ2n) is 1.87. The van der Waals surface area contributed by atoms with Crippen molar-refractivity contribution in [1.29, 1.82) is 0 Å². The van der Waals surface area contributed by atoms with Crippen molar-refractivity contribution in [3.8, 4) is 0 Å². The molecule has 0 heterocycles. The van der Waals surface area contributed by atoms with Gasteiger partial charge in [0.15, 0.2) is 0 Å². The van der Waals surface area contributed by atoms with Gasteiger partial charge in [-0.15, -0.1) is 0 Å². The predicted octanol–water partition coefficient (Wildman–Crippen LogP) is 2.08. The molecule has 0 aliphatic rings. The molecule has 0 saturated heterocycles. The fourth-order valence-electron chi connectivity index (χ4n) is 0.662. The Labute approximate surface area is 70.0 Å². The van der Waals surface area contributed by atoms with Gasteiger partial charge in [-0.1, -0.05) is 18.2 Å². The van der Waals surface area contributed by atoms with Crippen LogP contribution in [0.5, 0.6) is 0 Å². The smallest absolute Gasteiger partial charge is 0.378 e. The van der Waals surface area contributed by atoms with E-state index in [1.807, 2.05) is 18.2 Å². The lowest BCUT2D eigenvalue weighted by Crippen LogP contribution is -2.08. The number of amides is 1. The number of carbonyl (C=O) groups excluding carboxylic acids is 1. The topological polar surface area (TPSA) is 38.3 Å². The molecule has 1 N–H and O–H groups in total. The number of hydrogen-bond donors (Lipinski definition) is 2. The molecule has 0 radical (unpaired) electrons. The van der Waals surface area contributed by atoms with E-state index in [-0.39, 0.29) is 0 Å². The van der Waals surface area contributed by atoms with Gasteiger partial charge in [-0.05, 0) is 12.1 Å². The summed E-state index contributed by atoms with van der Waals surface area (Å²) in [5, 5.41) is 2.45. The van der Waals surface area contributed by atoms with Crippen molar-refractivity contribution in [3.05, 3.63) is 30.3 Å². The Hall–Kier alpha value is -1.16. The van der Waals surface area contributed by atoms with Crippen molar-refractivity contribution in [1.82, 2.24) is 0 Å². The monoisotopic (exact) mass is 169 g/mol. The number of benzene rings is 1. The van der Waals surface area contributed by atoms with E-state index in [4.69, 9.17) is 0 Å². The summed E-state index contributed by atoms with van der Waals surface area (Å²) in [4.78, 5) is 10.6. The molecule has 1 rings (SSSR count). The zero-order chi connectivity index (χ0) is 8.10. The van der Waals surface area contributed by atoms with E-state index in [0.29, 0.717) is 5.69 Å². The molecule has 0 aliphatic heterocycles. The first-order valence-electron chi connectivity index (χ1n) is 3.00. The molecule has 11 heavy (non-hydrogen) atoms. The average Bonchev–Trinajstić information content (AvgIpc) is 2.06. The molecule has 58 valence electrons. The van der Waals surface area contributed by atoms with Crippen LogP contribution in [0.15, 0.2) is 30.3 Å². The molecule has 0 aliphatic carbocycles. The molecule has 0 unspecified atom stereocenters. The summed E-state index contributed by atoms with van der Waals surface area (Å²) < 4.78 is 4.10. The van der Waals surface area contributed by atoms with Crippen LogP contribution in [-0.4, -0.2) is 6.09 Å². The summed E-state index contributed by atoms with van der Waals surface area (Å²) in [7, 11) is 0. The fourth-order valence-corrected chi connectivity index (χ4v) is 0.708. The predicted molar refractivity (Wildman–Crippen MR) is 45.5 cm³/mol. The molecule has 3 nitrogen and oxygen atoms in total. The minimum Gasteiger partial charge on any atom is -0.378 e. The molecule has 4 heteroatoms. The maximum atomic E-state index is 10.6. The highest BCUT2D eigenvalue weighted by Crippen LogP contribution is 2.05. The summed E-state index contributed by atoms with van der Waals surface area (Å²) in [5.41, 5.74) is 0.687. The van der Waals surface area contributed by atoms with Crippen LogP contribution in [0.1, 0.15) is 0 Å². The third kappa shape index (κ3) is 2.51. The van der Waals surface area contributed by atoms with Gasteiger partial charge in [-0.25, -0.2) is 4.79 Å². The number of hydrogen-bond acceptors (Lipinski definition) is 3. The first kappa shape index (κ1) is 7.94. The highest BCUT2D eigenvalue weighted by molar-refractivity contribution is 7.75. The number of thiol groups is 1. The van der Waals surface area contributed by atoms with Crippen molar-refractivity contribution >= 4 is 24.7 Å². The van der Waals surface area contributed by atoms with E-state index < -0.39 is 6.09 Å². The molecule has 1 amide bonds. The van der Waals surface area contributed by atoms with Gasteiger partial charge >= 0.3 is 6.09 Å². The Bertz CT molecular complexity index is 237. The number of anilines is 1. The van der Waals surface area contributed by atoms with E-state index in [1.54, 1.807) is 12.1 Å². The largest absolute Gasteiger partial charge is 0.423 e. The van der Waals surface area contributed by atoms with Crippen LogP contribution in [0.2, 0.25) is 0 Å². The number of rotatable bonds is 1. The molecule has 0 aromatic heterocycles. The summed E-state index contributed by atoms with van der Waals surface area (Å²) in [6, 6.07) is 8.99. The van der Waals surface area contributed by atoms with Crippen molar-refractivity contribution in [2.75, 3.05) is 5.32 Å². The SMILES string of the molecule is O=C(Nc1ccccc1)OS. The molecule has 0 atom stereocenters. The van der Waals surface area contributed by atoms with Crippen LogP contribution in [0.3, 0.4) is 0 Å². The quantitative estimate of drug-likeness (QED) is 0.499. The highest BCUT2D eigenvalue weighted by Gasteiger charge is 1.97. The Kier molecular flexibility index (Phi) is 2.80.